The fourth-order valence-electron chi connectivity index (χ4n) is 1.71. The van der Waals surface area contributed by atoms with Crippen molar-refractivity contribution in [1.82, 2.24) is 0 Å². The van der Waals surface area contributed by atoms with E-state index in [4.69, 9.17) is 18.9 Å². The van der Waals surface area contributed by atoms with Gasteiger partial charge < -0.3 is 14.4 Å². The Balaban J connectivity index is 7.26. The SMILES string of the molecule is O=S(=O)(O)C(F)(C(F)(F)C(F)(F)C(F)(F)C(F)(F)C(F)(F)C(F)(F)C(F)(F)F)[Si](O)(O)O. The van der Waals surface area contributed by atoms with E-state index in [0.717, 1.165) is 0 Å². The molecule has 0 aromatic rings. The zero-order chi connectivity index (χ0) is 27.0. The molecular formula is C8H4F16O6SSi. The van der Waals surface area contributed by atoms with Crippen molar-refractivity contribution >= 4 is 18.9 Å². The lowest BCUT2D eigenvalue weighted by atomic mass is 9.91. The van der Waals surface area contributed by atoms with Gasteiger partial charge in [-0.15, -0.1) is 0 Å². The Hall–Kier alpha value is -1.11. The van der Waals surface area contributed by atoms with Crippen LogP contribution >= 0.6 is 0 Å². The minimum absolute atomic E-state index is 7.60. The van der Waals surface area contributed by atoms with Crippen molar-refractivity contribution in [2.75, 3.05) is 0 Å². The van der Waals surface area contributed by atoms with Crippen LogP contribution in [-0.2, 0) is 10.1 Å². The summed E-state index contributed by atoms with van der Waals surface area (Å²) in [5.74, 6) is -52.5. The Kier molecular flexibility index (Phi) is 6.94. The van der Waals surface area contributed by atoms with E-state index in [-0.39, 0.29) is 0 Å². The maximum atomic E-state index is 13.9. The predicted octanol–water partition coefficient (Wildman–Crippen LogP) is 2.37. The first-order chi connectivity index (χ1) is 13.2. The van der Waals surface area contributed by atoms with Crippen molar-refractivity contribution in [1.29, 1.82) is 0 Å². The molecule has 0 spiro atoms. The first-order valence-electron chi connectivity index (χ1n) is 6.41. The minimum atomic E-state index is -9.00. The fraction of sp³-hybridized carbons (Fsp3) is 1.00. The largest absolute Gasteiger partial charge is 0.558 e. The molecule has 1 atom stereocenters. The van der Waals surface area contributed by atoms with Crippen LogP contribution < -0.4 is 0 Å². The second kappa shape index (κ2) is 7.19. The van der Waals surface area contributed by atoms with Gasteiger partial charge in [0.2, 0.25) is 0 Å². The second-order valence-corrected chi connectivity index (χ2v) is 9.48. The van der Waals surface area contributed by atoms with E-state index in [1.54, 1.807) is 0 Å². The van der Waals surface area contributed by atoms with Crippen LogP contribution in [0.15, 0.2) is 0 Å². The average molecular weight is 560 g/mol. The third-order valence-corrected chi connectivity index (χ3v) is 7.26. The van der Waals surface area contributed by atoms with Crippen LogP contribution in [0.5, 0.6) is 0 Å². The Morgan fingerprint density at radius 3 is 0.875 bits per heavy atom. The maximum Gasteiger partial charge on any atom is 0.558 e. The van der Waals surface area contributed by atoms with Crippen LogP contribution in [0.2, 0.25) is 0 Å². The van der Waals surface area contributed by atoms with Crippen LogP contribution in [-0.4, -0.2) is 82.5 Å². The zero-order valence-electron chi connectivity index (χ0n) is 13.6. The van der Waals surface area contributed by atoms with Crippen molar-refractivity contribution in [2.45, 2.75) is 46.3 Å². The van der Waals surface area contributed by atoms with E-state index < -0.39 is 65.3 Å². The van der Waals surface area contributed by atoms with Crippen molar-refractivity contribution in [2.24, 2.45) is 0 Å². The van der Waals surface area contributed by atoms with Gasteiger partial charge in [-0.25, -0.2) is 4.39 Å². The van der Waals surface area contributed by atoms with Crippen molar-refractivity contribution < 1.29 is 97.6 Å². The summed E-state index contributed by atoms with van der Waals surface area (Å²) < 4.78 is 230. The summed E-state index contributed by atoms with van der Waals surface area (Å²) in [6, 6.07) is 0. The van der Waals surface area contributed by atoms with Gasteiger partial charge >= 0.3 is 65.3 Å². The number of hydrogen-bond donors (Lipinski definition) is 4. The maximum absolute atomic E-state index is 13.9. The van der Waals surface area contributed by atoms with Gasteiger partial charge in [-0.1, -0.05) is 0 Å². The van der Waals surface area contributed by atoms with Gasteiger partial charge in [0.05, 0.1) is 0 Å². The number of hydrogen-bond acceptors (Lipinski definition) is 5. The van der Waals surface area contributed by atoms with E-state index in [9.17, 15) is 78.7 Å². The highest BCUT2D eigenvalue weighted by atomic mass is 32.2. The van der Waals surface area contributed by atoms with Gasteiger partial charge in [0.15, 0.2) is 0 Å². The highest BCUT2D eigenvalue weighted by Gasteiger charge is 2.98. The molecule has 6 nitrogen and oxygen atoms in total. The Labute approximate surface area is 164 Å². The summed E-state index contributed by atoms with van der Waals surface area (Å²) in [7, 11) is -16.4. The van der Waals surface area contributed by atoms with E-state index in [1.807, 2.05) is 0 Å². The number of alkyl halides is 16. The average Bonchev–Trinajstić information content (AvgIpc) is 2.49. The lowest BCUT2D eigenvalue weighted by molar-refractivity contribution is -0.454. The molecule has 1 unspecified atom stereocenters. The molecule has 4 N–H and O–H groups in total. The third kappa shape index (κ3) is 3.52. The van der Waals surface area contributed by atoms with Gasteiger partial charge in [0.1, 0.15) is 0 Å². The first-order valence-corrected chi connectivity index (χ1v) is 9.70. The standard InChI is InChI=1S/C8H4F16O6SSi/c9-1(10,3(13,14)5(17,18)7(21,22)23)2(11,12)4(15,16)6(19,20)8(24,31(25,26)27)32(28,29)30/h28-30H,(H,25,26,27). The second-order valence-electron chi connectivity index (χ2n) is 5.65. The molecular weight excluding hydrogens is 556 g/mol. The van der Waals surface area contributed by atoms with Crippen molar-refractivity contribution in [3.8, 4) is 0 Å². The van der Waals surface area contributed by atoms with Crippen LogP contribution in [0.25, 0.3) is 0 Å². The summed E-state index contributed by atoms with van der Waals surface area (Å²) in [5.41, 5.74) is 0. The minimum Gasteiger partial charge on any atom is -0.387 e. The molecule has 194 valence electrons. The Morgan fingerprint density at radius 1 is 0.469 bits per heavy atom. The van der Waals surface area contributed by atoms with Gasteiger partial charge in [-0.2, -0.15) is 74.3 Å². The topological polar surface area (TPSA) is 115 Å². The van der Waals surface area contributed by atoms with Gasteiger partial charge in [0, 0.05) is 0 Å². The summed E-state index contributed by atoms with van der Waals surface area (Å²) in [4.78, 5) is 24.9. The number of halogens is 16. The molecule has 0 saturated heterocycles. The normalized spacial score (nSPS) is 18.5. The third-order valence-electron chi connectivity index (χ3n) is 3.52. The number of rotatable bonds is 8. The monoisotopic (exact) mass is 560 g/mol. The van der Waals surface area contributed by atoms with Crippen LogP contribution in [0, 0.1) is 0 Å². The first kappa shape index (κ1) is 30.9. The highest BCUT2D eigenvalue weighted by molar-refractivity contribution is 7.89. The summed E-state index contributed by atoms with van der Waals surface area (Å²) in [6.45, 7) is 0. The van der Waals surface area contributed by atoms with E-state index in [1.165, 1.54) is 0 Å². The Bertz CT molecular complexity index is 830. The fourth-order valence-corrected chi connectivity index (χ4v) is 4.13. The molecule has 0 saturated carbocycles. The van der Waals surface area contributed by atoms with Crippen molar-refractivity contribution in [3.05, 3.63) is 0 Å². The highest BCUT2D eigenvalue weighted by Crippen LogP contribution is 2.64. The molecule has 24 heteroatoms. The molecule has 0 heterocycles. The zero-order valence-corrected chi connectivity index (χ0v) is 15.4. The van der Waals surface area contributed by atoms with Gasteiger partial charge in [-0.3, -0.25) is 4.55 Å². The smallest absolute Gasteiger partial charge is 0.387 e. The molecule has 0 amide bonds. The van der Waals surface area contributed by atoms with E-state index in [2.05, 4.69) is 0 Å². The Morgan fingerprint density at radius 2 is 0.688 bits per heavy atom. The van der Waals surface area contributed by atoms with E-state index in [0.29, 0.717) is 0 Å². The van der Waals surface area contributed by atoms with Crippen molar-refractivity contribution in [3.63, 3.8) is 0 Å². The molecule has 0 bridgehead atoms. The summed E-state index contributed by atoms with van der Waals surface area (Å²) in [5, 5.41) is 0. The quantitative estimate of drug-likeness (QED) is 0.206. The summed E-state index contributed by atoms with van der Waals surface area (Å²) in [6.07, 6.45) is -7.94. The van der Waals surface area contributed by atoms with Gasteiger partial charge in [-0.05, 0) is 0 Å². The molecule has 0 aliphatic carbocycles. The molecule has 0 rings (SSSR count). The molecule has 32 heavy (non-hydrogen) atoms. The lowest BCUT2D eigenvalue weighted by Crippen LogP contribution is -2.80. The lowest BCUT2D eigenvalue weighted by Gasteiger charge is -2.44. The molecule has 0 aliphatic heterocycles. The molecule has 0 aromatic heterocycles. The van der Waals surface area contributed by atoms with E-state index >= 15 is 0 Å². The molecule has 0 aliphatic rings. The molecule has 0 radical (unpaired) electrons. The summed E-state index contributed by atoms with van der Waals surface area (Å²) >= 11 is 0. The van der Waals surface area contributed by atoms with Crippen LogP contribution in [0.3, 0.4) is 0 Å². The van der Waals surface area contributed by atoms with Gasteiger partial charge in [0.25, 0.3) is 0 Å². The van der Waals surface area contributed by atoms with Crippen LogP contribution in [0.1, 0.15) is 0 Å². The van der Waals surface area contributed by atoms with Crippen LogP contribution in [0.4, 0.5) is 70.2 Å². The predicted molar refractivity (Wildman–Crippen MR) is 63.5 cm³/mol. The molecule has 0 fully saturated rings. The molecule has 0 aromatic carbocycles.